The Morgan fingerprint density at radius 2 is 1.87 bits per heavy atom. The van der Waals surface area contributed by atoms with Crippen LogP contribution in [0, 0.1) is 6.92 Å². The van der Waals surface area contributed by atoms with Crippen LogP contribution in [0.2, 0.25) is 0 Å². The first-order chi connectivity index (χ1) is 14.9. The Kier molecular flexibility index (Phi) is 5.81. The number of rotatable bonds is 6. The van der Waals surface area contributed by atoms with Gasteiger partial charge < -0.3 is 10.2 Å². The quantitative estimate of drug-likeness (QED) is 0.729. The van der Waals surface area contributed by atoms with E-state index in [0.29, 0.717) is 19.5 Å². The number of carbonyl (C=O) groups excluding carboxylic acids is 3. The maximum absolute atomic E-state index is 13.4. The van der Waals surface area contributed by atoms with E-state index in [1.54, 1.807) is 4.90 Å². The highest BCUT2D eigenvalue weighted by atomic mass is 16.2. The molecule has 0 radical (unpaired) electrons. The minimum Gasteiger partial charge on any atom is -0.337 e. The van der Waals surface area contributed by atoms with E-state index in [9.17, 15) is 14.4 Å². The number of urea groups is 1. The molecule has 4 rings (SSSR count). The van der Waals surface area contributed by atoms with Gasteiger partial charge in [-0.3, -0.25) is 14.5 Å². The molecule has 2 aliphatic rings. The summed E-state index contributed by atoms with van der Waals surface area (Å²) in [6.07, 6.45) is 3.07. The van der Waals surface area contributed by atoms with Crippen molar-refractivity contribution in [3.05, 3.63) is 70.8 Å². The lowest BCUT2D eigenvalue weighted by Gasteiger charge is -2.33. The van der Waals surface area contributed by atoms with Crippen molar-refractivity contribution in [1.29, 1.82) is 0 Å². The SMILES string of the molecule is CCCN(Cc1ccc(C)cc1)C(=O)CN1C(=O)N[C@@]2(CCCc3ccccc32)C1=O. The summed E-state index contributed by atoms with van der Waals surface area (Å²) >= 11 is 0. The van der Waals surface area contributed by atoms with Crippen LogP contribution < -0.4 is 5.32 Å². The van der Waals surface area contributed by atoms with E-state index in [4.69, 9.17) is 0 Å². The van der Waals surface area contributed by atoms with Crippen molar-refractivity contribution in [3.63, 3.8) is 0 Å². The second-order valence-electron chi connectivity index (χ2n) is 8.54. The van der Waals surface area contributed by atoms with Crippen molar-refractivity contribution in [3.8, 4) is 0 Å². The third kappa shape index (κ3) is 3.94. The van der Waals surface area contributed by atoms with Gasteiger partial charge in [-0.05, 0) is 49.3 Å². The second-order valence-corrected chi connectivity index (χ2v) is 8.54. The fourth-order valence-electron chi connectivity index (χ4n) is 4.67. The third-order valence-corrected chi connectivity index (χ3v) is 6.28. The maximum atomic E-state index is 13.4. The minimum absolute atomic E-state index is 0.216. The van der Waals surface area contributed by atoms with Gasteiger partial charge in [0.25, 0.3) is 5.91 Å². The highest BCUT2D eigenvalue weighted by Crippen LogP contribution is 2.39. The fraction of sp³-hybridized carbons (Fsp3) is 0.400. The van der Waals surface area contributed by atoms with E-state index < -0.39 is 11.6 Å². The number of hydrogen-bond donors (Lipinski definition) is 1. The van der Waals surface area contributed by atoms with Crippen LogP contribution in [0.1, 0.15) is 48.4 Å². The van der Waals surface area contributed by atoms with E-state index in [1.807, 2.05) is 62.4 Å². The lowest BCUT2D eigenvalue weighted by atomic mass is 9.76. The monoisotopic (exact) mass is 419 g/mol. The lowest BCUT2D eigenvalue weighted by molar-refractivity contribution is -0.139. The van der Waals surface area contributed by atoms with Crippen LogP contribution in [0.15, 0.2) is 48.5 Å². The third-order valence-electron chi connectivity index (χ3n) is 6.28. The molecule has 1 N–H and O–H groups in total. The standard InChI is InChI=1S/C25H29N3O3/c1-3-15-27(16-19-12-10-18(2)11-13-19)22(29)17-28-23(30)25(26-24(28)31)14-6-8-20-7-4-5-9-21(20)25/h4-5,7,9-13H,3,6,8,14-17H2,1-2H3,(H,26,31)/t25-/m1/s1. The molecular weight excluding hydrogens is 390 g/mol. The van der Waals surface area contributed by atoms with Crippen molar-refractivity contribution in [2.75, 3.05) is 13.1 Å². The highest BCUT2D eigenvalue weighted by Gasteiger charge is 2.54. The van der Waals surface area contributed by atoms with Gasteiger partial charge in [0.2, 0.25) is 5.91 Å². The van der Waals surface area contributed by atoms with Crippen molar-refractivity contribution in [2.45, 2.75) is 51.6 Å². The summed E-state index contributed by atoms with van der Waals surface area (Å²) in [6.45, 7) is 4.84. The van der Waals surface area contributed by atoms with Crippen LogP contribution in [0.25, 0.3) is 0 Å². The van der Waals surface area contributed by atoms with Crippen molar-refractivity contribution < 1.29 is 14.4 Å². The molecule has 1 spiro atoms. The van der Waals surface area contributed by atoms with Gasteiger partial charge in [-0.25, -0.2) is 4.79 Å². The number of amides is 4. The van der Waals surface area contributed by atoms with Crippen molar-refractivity contribution >= 4 is 17.8 Å². The Morgan fingerprint density at radius 1 is 1.13 bits per heavy atom. The Labute approximate surface area is 183 Å². The molecule has 0 aromatic heterocycles. The molecule has 6 heteroatoms. The fourth-order valence-corrected chi connectivity index (χ4v) is 4.67. The largest absolute Gasteiger partial charge is 0.337 e. The molecule has 0 bridgehead atoms. The molecule has 1 aliphatic heterocycles. The van der Waals surface area contributed by atoms with Gasteiger partial charge in [-0.1, -0.05) is 61.0 Å². The first-order valence-corrected chi connectivity index (χ1v) is 11.0. The zero-order valence-electron chi connectivity index (χ0n) is 18.2. The average Bonchev–Trinajstić information content (AvgIpc) is 3.00. The molecule has 6 nitrogen and oxygen atoms in total. The Morgan fingerprint density at radius 3 is 2.61 bits per heavy atom. The first-order valence-electron chi connectivity index (χ1n) is 11.0. The predicted octanol–water partition coefficient (Wildman–Crippen LogP) is 3.52. The zero-order valence-corrected chi connectivity index (χ0v) is 18.2. The van der Waals surface area contributed by atoms with Gasteiger partial charge in [0.05, 0.1) is 0 Å². The maximum Gasteiger partial charge on any atom is 0.325 e. The highest BCUT2D eigenvalue weighted by molar-refractivity contribution is 6.09. The summed E-state index contributed by atoms with van der Waals surface area (Å²) in [5, 5.41) is 2.92. The van der Waals surface area contributed by atoms with Gasteiger partial charge >= 0.3 is 6.03 Å². The minimum atomic E-state index is -1.04. The van der Waals surface area contributed by atoms with Crippen LogP contribution in [-0.2, 0) is 28.1 Å². The van der Waals surface area contributed by atoms with Gasteiger partial charge in [0.15, 0.2) is 0 Å². The number of imide groups is 1. The molecular formula is C25H29N3O3. The number of aryl methyl sites for hydroxylation is 2. The molecule has 1 atom stereocenters. The van der Waals surface area contributed by atoms with E-state index in [2.05, 4.69) is 5.32 Å². The molecule has 1 heterocycles. The predicted molar refractivity (Wildman–Crippen MR) is 118 cm³/mol. The molecule has 4 amide bonds. The molecule has 162 valence electrons. The van der Waals surface area contributed by atoms with Crippen molar-refractivity contribution in [2.24, 2.45) is 0 Å². The number of nitrogens with zero attached hydrogens (tertiary/aromatic N) is 2. The molecule has 2 aromatic carbocycles. The number of carbonyl (C=O) groups is 3. The Bertz CT molecular complexity index is 1000. The second kappa shape index (κ2) is 8.53. The normalized spacial score (nSPS) is 20.0. The summed E-state index contributed by atoms with van der Waals surface area (Å²) in [4.78, 5) is 42.2. The molecule has 1 fully saturated rings. The van der Waals surface area contributed by atoms with Crippen molar-refractivity contribution in [1.82, 2.24) is 15.1 Å². The van der Waals surface area contributed by atoms with Crippen LogP contribution in [0.5, 0.6) is 0 Å². The van der Waals surface area contributed by atoms with E-state index in [-0.39, 0.29) is 18.4 Å². The van der Waals surface area contributed by atoms with Crippen LogP contribution in [0.3, 0.4) is 0 Å². The smallest absolute Gasteiger partial charge is 0.325 e. The zero-order chi connectivity index (χ0) is 22.0. The van der Waals surface area contributed by atoms with Crippen LogP contribution >= 0.6 is 0 Å². The van der Waals surface area contributed by atoms with Crippen LogP contribution in [-0.4, -0.2) is 40.7 Å². The van der Waals surface area contributed by atoms with Crippen LogP contribution in [0.4, 0.5) is 4.79 Å². The van der Waals surface area contributed by atoms with E-state index in [0.717, 1.165) is 46.4 Å². The molecule has 0 saturated carbocycles. The Hall–Kier alpha value is -3.15. The number of nitrogens with one attached hydrogen (secondary N) is 1. The summed E-state index contributed by atoms with van der Waals surface area (Å²) in [5.41, 5.74) is 3.10. The van der Waals surface area contributed by atoms with Gasteiger partial charge in [-0.15, -0.1) is 0 Å². The number of benzene rings is 2. The van der Waals surface area contributed by atoms with E-state index in [1.165, 1.54) is 0 Å². The molecule has 0 unspecified atom stereocenters. The van der Waals surface area contributed by atoms with Gasteiger partial charge in [-0.2, -0.15) is 0 Å². The summed E-state index contributed by atoms with van der Waals surface area (Å²) in [6, 6.07) is 15.3. The molecule has 2 aromatic rings. The Balaban J connectivity index is 1.53. The summed E-state index contributed by atoms with van der Waals surface area (Å²) in [5.74, 6) is -0.531. The molecule has 1 saturated heterocycles. The summed E-state index contributed by atoms with van der Waals surface area (Å²) < 4.78 is 0. The number of hydrogen-bond acceptors (Lipinski definition) is 3. The summed E-state index contributed by atoms with van der Waals surface area (Å²) in [7, 11) is 0. The van der Waals surface area contributed by atoms with Gasteiger partial charge in [0.1, 0.15) is 12.1 Å². The van der Waals surface area contributed by atoms with E-state index >= 15 is 0 Å². The molecule has 31 heavy (non-hydrogen) atoms. The lowest BCUT2D eigenvalue weighted by Crippen LogP contribution is -2.47. The van der Waals surface area contributed by atoms with Gasteiger partial charge in [0, 0.05) is 13.1 Å². The number of fused-ring (bicyclic) bond motifs is 2. The first kappa shape index (κ1) is 21.1. The topological polar surface area (TPSA) is 69.7 Å². The average molecular weight is 420 g/mol. The molecule has 1 aliphatic carbocycles.